The van der Waals surface area contributed by atoms with Crippen LogP contribution in [0.3, 0.4) is 0 Å². The number of carbonyl (C=O) groups excluding carboxylic acids is 1. The predicted octanol–water partition coefficient (Wildman–Crippen LogP) is 2.35. The molecule has 0 unspecified atom stereocenters. The summed E-state index contributed by atoms with van der Waals surface area (Å²) >= 11 is 0. The molecule has 0 saturated heterocycles. The first kappa shape index (κ1) is 20.0. The molecule has 134 valence electrons. The van der Waals surface area contributed by atoms with E-state index < -0.39 is 11.4 Å². The second-order valence-electron chi connectivity index (χ2n) is 6.43. The summed E-state index contributed by atoms with van der Waals surface area (Å²) in [4.78, 5) is 22.6. The molecule has 0 aromatic heterocycles. The second-order valence-corrected chi connectivity index (χ2v) is 6.43. The Hall–Kier alpha value is -2.08. The third-order valence-corrected chi connectivity index (χ3v) is 3.67. The highest BCUT2D eigenvalue weighted by molar-refractivity contribution is 5.81. The zero-order chi connectivity index (χ0) is 18.0. The number of benzene rings is 1. The molecule has 1 aromatic rings. The summed E-state index contributed by atoms with van der Waals surface area (Å²) in [7, 11) is 0. The van der Waals surface area contributed by atoms with Gasteiger partial charge in [-0.15, -0.1) is 0 Å². The van der Waals surface area contributed by atoms with Crippen LogP contribution in [0.5, 0.6) is 5.75 Å². The fourth-order valence-corrected chi connectivity index (χ4v) is 2.04. The number of amides is 1. The number of carboxylic acid groups (broad SMARTS) is 1. The smallest absolute Gasteiger partial charge is 0.303 e. The third kappa shape index (κ3) is 7.46. The van der Waals surface area contributed by atoms with Gasteiger partial charge in [-0.2, -0.15) is 0 Å². The van der Waals surface area contributed by atoms with E-state index in [0.717, 1.165) is 18.4 Å². The molecular weight excluding hydrogens is 310 g/mol. The van der Waals surface area contributed by atoms with E-state index in [1.165, 1.54) is 0 Å². The molecule has 0 spiro atoms. The number of aliphatic carboxylic acids is 1. The Labute approximate surface area is 142 Å². The van der Waals surface area contributed by atoms with Crippen molar-refractivity contribution in [3.63, 3.8) is 0 Å². The number of unbranched alkanes of at least 4 members (excludes halogenated alkanes) is 2. The minimum Gasteiger partial charge on any atom is -0.492 e. The van der Waals surface area contributed by atoms with Gasteiger partial charge in [-0.3, -0.25) is 9.59 Å². The molecule has 1 rings (SSSR count). The summed E-state index contributed by atoms with van der Waals surface area (Å²) in [6.07, 6.45) is 2.34. The molecule has 1 aromatic carbocycles. The van der Waals surface area contributed by atoms with E-state index in [1.807, 2.05) is 13.8 Å². The zero-order valence-corrected chi connectivity index (χ0v) is 14.4. The topological polar surface area (TPSA) is 95.9 Å². The average Bonchev–Trinajstić information content (AvgIpc) is 2.56. The van der Waals surface area contributed by atoms with Gasteiger partial charge in [-0.1, -0.05) is 18.6 Å². The monoisotopic (exact) mass is 337 g/mol. The van der Waals surface area contributed by atoms with E-state index in [-0.39, 0.29) is 25.5 Å². The minimum absolute atomic E-state index is 0.0133. The minimum atomic E-state index is -0.788. The highest BCUT2D eigenvalue weighted by atomic mass is 16.5. The van der Waals surface area contributed by atoms with Crippen LogP contribution in [0.25, 0.3) is 0 Å². The number of aliphatic hydroxyl groups is 1. The molecule has 24 heavy (non-hydrogen) atoms. The molecule has 1 amide bonds. The Kier molecular flexibility index (Phi) is 8.26. The van der Waals surface area contributed by atoms with Crippen molar-refractivity contribution in [2.24, 2.45) is 5.41 Å². The number of carbonyl (C=O) groups is 2. The van der Waals surface area contributed by atoms with Gasteiger partial charge in [0.25, 0.3) is 0 Å². The van der Waals surface area contributed by atoms with Gasteiger partial charge in [0, 0.05) is 13.0 Å². The summed E-state index contributed by atoms with van der Waals surface area (Å²) in [5.74, 6) is -0.223. The largest absolute Gasteiger partial charge is 0.492 e. The SMILES string of the molecule is CC(C)(COc1ccc(CO)cc1)C(=O)NCCCCCC(=O)O. The van der Waals surface area contributed by atoms with Crippen molar-refractivity contribution in [2.45, 2.75) is 46.1 Å². The lowest BCUT2D eigenvalue weighted by Crippen LogP contribution is -2.41. The molecule has 0 aliphatic heterocycles. The van der Waals surface area contributed by atoms with E-state index in [9.17, 15) is 9.59 Å². The number of aliphatic hydroxyl groups excluding tert-OH is 1. The van der Waals surface area contributed by atoms with Crippen molar-refractivity contribution < 1.29 is 24.5 Å². The summed E-state index contributed by atoms with van der Waals surface area (Å²) in [6.45, 7) is 4.40. The maximum Gasteiger partial charge on any atom is 0.303 e. The third-order valence-electron chi connectivity index (χ3n) is 3.67. The fourth-order valence-electron chi connectivity index (χ4n) is 2.04. The predicted molar refractivity (Wildman–Crippen MR) is 90.8 cm³/mol. The number of rotatable bonds is 11. The van der Waals surface area contributed by atoms with Crippen LogP contribution in [0, 0.1) is 5.41 Å². The maximum atomic E-state index is 12.2. The Morgan fingerprint density at radius 2 is 1.79 bits per heavy atom. The summed E-state index contributed by atoms with van der Waals surface area (Å²) in [6, 6.07) is 7.09. The molecule has 6 heteroatoms. The Balaban J connectivity index is 2.29. The van der Waals surface area contributed by atoms with Gasteiger partial charge >= 0.3 is 5.97 Å². The van der Waals surface area contributed by atoms with Crippen LogP contribution in [0.4, 0.5) is 0 Å². The molecule has 0 bridgehead atoms. The van der Waals surface area contributed by atoms with Crippen LogP contribution in [0.1, 0.15) is 45.1 Å². The van der Waals surface area contributed by atoms with E-state index in [0.29, 0.717) is 18.7 Å². The molecule has 3 N–H and O–H groups in total. The van der Waals surface area contributed by atoms with Gasteiger partial charge in [0.15, 0.2) is 0 Å². The number of nitrogens with one attached hydrogen (secondary N) is 1. The van der Waals surface area contributed by atoms with Crippen LogP contribution in [0.2, 0.25) is 0 Å². The van der Waals surface area contributed by atoms with Crippen molar-refractivity contribution in [3.8, 4) is 5.75 Å². The lowest BCUT2D eigenvalue weighted by atomic mass is 9.93. The lowest BCUT2D eigenvalue weighted by Gasteiger charge is -2.24. The second kappa shape index (κ2) is 9.93. The van der Waals surface area contributed by atoms with Gasteiger partial charge in [-0.25, -0.2) is 0 Å². The Morgan fingerprint density at radius 1 is 1.12 bits per heavy atom. The molecular formula is C18H27NO5. The molecule has 0 aliphatic carbocycles. The van der Waals surface area contributed by atoms with E-state index in [4.69, 9.17) is 14.9 Å². The highest BCUT2D eigenvalue weighted by Gasteiger charge is 2.28. The van der Waals surface area contributed by atoms with Gasteiger partial charge in [-0.05, 0) is 44.4 Å². The summed E-state index contributed by atoms with van der Waals surface area (Å²) < 4.78 is 5.65. The standard InChI is InChI=1S/C18H27NO5/c1-18(2,13-24-15-9-7-14(12-20)8-10-15)17(23)19-11-5-3-4-6-16(21)22/h7-10,20H,3-6,11-13H2,1-2H3,(H,19,23)(H,21,22). The maximum absolute atomic E-state index is 12.2. The number of ether oxygens (including phenoxy) is 1. The van der Waals surface area contributed by atoms with Gasteiger partial charge in [0.2, 0.25) is 5.91 Å². The summed E-state index contributed by atoms with van der Waals surface area (Å²) in [5, 5.41) is 20.4. The van der Waals surface area contributed by atoms with Crippen molar-refractivity contribution in [3.05, 3.63) is 29.8 Å². The molecule has 0 radical (unpaired) electrons. The molecule has 0 fully saturated rings. The Bertz CT molecular complexity index is 525. The van der Waals surface area contributed by atoms with Crippen molar-refractivity contribution in [1.29, 1.82) is 0 Å². The van der Waals surface area contributed by atoms with Crippen molar-refractivity contribution in [1.82, 2.24) is 5.32 Å². The number of hydrogen-bond donors (Lipinski definition) is 3. The molecule has 0 aliphatic rings. The molecule has 0 saturated carbocycles. The molecule has 0 heterocycles. The molecule has 6 nitrogen and oxygen atoms in total. The lowest BCUT2D eigenvalue weighted by molar-refractivity contribution is -0.137. The van der Waals surface area contributed by atoms with Crippen molar-refractivity contribution >= 4 is 11.9 Å². The van der Waals surface area contributed by atoms with Crippen LogP contribution >= 0.6 is 0 Å². The summed E-state index contributed by atoms with van der Waals surface area (Å²) in [5.41, 5.74) is 0.138. The molecule has 0 atom stereocenters. The van der Waals surface area contributed by atoms with E-state index in [1.54, 1.807) is 24.3 Å². The fraction of sp³-hybridized carbons (Fsp3) is 0.556. The zero-order valence-electron chi connectivity index (χ0n) is 14.4. The first-order chi connectivity index (χ1) is 11.3. The quantitative estimate of drug-likeness (QED) is 0.539. The van der Waals surface area contributed by atoms with E-state index >= 15 is 0 Å². The van der Waals surface area contributed by atoms with Crippen LogP contribution in [-0.2, 0) is 16.2 Å². The van der Waals surface area contributed by atoms with Gasteiger partial charge in [0.05, 0.1) is 12.0 Å². The Morgan fingerprint density at radius 3 is 2.38 bits per heavy atom. The first-order valence-electron chi connectivity index (χ1n) is 8.18. The van der Waals surface area contributed by atoms with Crippen molar-refractivity contribution in [2.75, 3.05) is 13.2 Å². The van der Waals surface area contributed by atoms with E-state index in [2.05, 4.69) is 5.32 Å². The first-order valence-corrected chi connectivity index (χ1v) is 8.18. The average molecular weight is 337 g/mol. The number of hydrogen-bond acceptors (Lipinski definition) is 4. The van der Waals surface area contributed by atoms with Gasteiger partial charge in [0.1, 0.15) is 12.4 Å². The van der Waals surface area contributed by atoms with Crippen LogP contribution in [0.15, 0.2) is 24.3 Å². The normalized spacial score (nSPS) is 11.1. The van der Waals surface area contributed by atoms with Crippen LogP contribution in [-0.4, -0.2) is 35.2 Å². The van der Waals surface area contributed by atoms with Crippen LogP contribution < -0.4 is 10.1 Å². The van der Waals surface area contributed by atoms with Gasteiger partial charge < -0.3 is 20.3 Å². The highest BCUT2D eigenvalue weighted by Crippen LogP contribution is 2.19. The number of carboxylic acids is 1.